The summed E-state index contributed by atoms with van der Waals surface area (Å²) >= 11 is 1.71. The highest BCUT2D eigenvalue weighted by Crippen LogP contribution is 2.26. The number of anilines is 1. The van der Waals surface area contributed by atoms with E-state index in [-0.39, 0.29) is 5.91 Å². The number of aryl methyl sites for hydroxylation is 1. The van der Waals surface area contributed by atoms with Crippen LogP contribution in [0.1, 0.15) is 36.8 Å². The third-order valence-electron chi connectivity index (χ3n) is 4.07. The van der Waals surface area contributed by atoms with Crippen LogP contribution in [0.4, 0.5) is 5.69 Å². The standard InChI is InChI=1S/C21H21N3O2S/c1-2-26-18-12-11-15(14-22)13-17(18)23-20(25)9-5-6-10-21-24-16-7-3-4-8-19(16)27-21/h3-4,7-8,11-13H,2,5-6,9-10H2,1H3,(H,23,25). The van der Waals surface area contributed by atoms with Crippen molar-refractivity contribution in [2.24, 2.45) is 0 Å². The molecule has 1 heterocycles. The van der Waals surface area contributed by atoms with Crippen LogP contribution in [0, 0.1) is 11.3 Å². The Morgan fingerprint density at radius 2 is 2.11 bits per heavy atom. The monoisotopic (exact) mass is 379 g/mol. The number of unbranched alkanes of at least 4 members (excludes halogenated alkanes) is 1. The molecule has 0 radical (unpaired) electrons. The first kappa shape index (κ1) is 18.9. The van der Waals surface area contributed by atoms with Crippen molar-refractivity contribution in [2.75, 3.05) is 11.9 Å². The van der Waals surface area contributed by atoms with Crippen LogP contribution in [0.2, 0.25) is 0 Å². The summed E-state index contributed by atoms with van der Waals surface area (Å²) in [5.74, 6) is 0.509. The van der Waals surface area contributed by atoms with Crippen molar-refractivity contribution in [1.82, 2.24) is 4.98 Å². The highest BCUT2D eigenvalue weighted by molar-refractivity contribution is 7.18. The van der Waals surface area contributed by atoms with Crippen LogP contribution < -0.4 is 10.1 Å². The molecule has 0 fully saturated rings. The quantitative estimate of drug-likeness (QED) is 0.564. The van der Waals surface area contributed by atoms with Gasteiger partial charge in [0.15, 0.2) is 0 Å². The number of hydrogen-bond donors (Lipinski definition) is 1. The number of amides is 1. The van der Waals surface area contributed by atoms with Gasteiger partial charge < -0.3 is 10.1 Å². The number of thiazole rings is 1. The van der Waals surface area contributed by atoms with Crippen LogP contribution in [0.3, 0.4) is 0 Å². The first-order chi connectivity index (χ1) is 13.2. The van der Waals surface area contributed by atoms with Gasteiger partial charge in [-0.2, -0.15) is 5.26 Å². The summed E-state index contributed by atoms with van der Waals surface area (Å²) in [4.78, 5) is 16.9. The molecule has 0 bridgehead atoms. The number of aromatic nitrogens is 1. The number of ether oxygens (including phenoxy) is 1. The molecule has 1 N–H and O–H groups in total. The molecule has 0 aliphatic heterocycles. The van der Waals surface area contributed by atoms with Gasteiger partial charge in [-0.1, -0.05) is 12.1 Å². The zero-order valence-corrected chi connectivity index (χ0v) is 16.0. The summed E-state index contributed by atoms with van der Waals surface area (Å²) in [6, 6.07) is 15.2. The van der Waals surface area contributed by atoms with Crippen molar-refractivity contribution in [3.63, 3.8) is 0 Å². The Bertz CT molecular complexity index is 942. The highest BCUT2D eigenvalue weighted by Gasteiger charge is 2.10. The number of carbonyl (C=O) groups is 1. The first-order valence-electron chi connectivity index (χ1n) is 9.01. The van der Waals surface area contributed by atoms with Gasteiger partial charge in [0.25, 0.3) is 0 Å². The Labute approximate surface area is 162 Å². The van der Waals surface area contributed by atoms with E-state index in [1.807, 2.05) is 25.1 Å². The molecule has 27 heavy (non-hydrogen) atoms. The number of fused-ring (bicyclic) bond motifs is 1. The maximum Gasteiger partial charge on any atom is 0.224 e. The molecule has 6 heteroatoms. The minimum Gasteiger partial charge on any atom is -0.492 e. The lowest BCUT2D eigenvalue weighted by molar-refractivity contribution is -0.116. The minimum atomic E-state index is -0.0738. The van der Waals surface area contributed by atoms with E-state index in [2.05, 4.69) is 22.4 Å². The number of carbonyl (C=O) groups excluding carboxylic acids is 1. The number of rotatable bonds is 8. The molecule has 0 spiro atoms. The van der Waals surface area contributed by atoms with Crippen LogP contribution in [0.5, 0.6) is 5.75 Å². The van der Waals surface area contributed by atoms with Gasteiger partial charge in [0.05, 0.1) is 39.2 Å². The number of benzene rings is 2. The second-order valence-corrected chi connectivity index (χ2v) is 7.20. The van der Waals surface area contributed by atoms with Crippen LogP contribution >= 0.6 is 11.3 Å². The maximum absolute atomic E-state index is 12.3. The minimum absolute atomic E-state index is 0.0738. The molecule has 0 atom stereocenters. The number of nitriles is 1. The molecular weight excluding hydrogens is 358 g/mol. The van der Waals surface area contributed by atoms with Crippen molar-refractivity contribution < 1.29 is 9.53 Å². The highest BCUT2D eigenvalue weighted by atomic mass is 32.1. The molecule has 0 aliphatic rings. The van der Waals surface area contributed by atoms with Crippen LogP contribution in [-0.2, 0) is 11.2 Å². The molecule has 0 unspecified atom stereocenters. The first-order valence-corrected chi connectivity index (χ1v) is 9.82. The molecule has 3 aromatic rings. The van der Waals surface area contributed by atoms with Crippen LogP contribution in [0.15, 0.2) is 42.5 Å². The maximum atomic E-state index is 12.3. The van der Waals surface area contributed by atoms with Crippen LogP contribution in [0.25, 0.3) is 10.2 Å². The molecular formula is C21H21N3O2S. The van der Waals surface area contributed by atoms with Gasteiger partial charge in [-0.05, 0) is 56.5 Å². The summed E-state index contributed by atoms with van der Waals surface area (Å²) in [6.45, 7) is 2.38. The molecule has 0 saturated heterocycles. The van der Waals surface area contributed by atoms with Gasteiger partial charge in [-0.25, -0.2) is 4.98 Å². The number of nitrogens with one attached hydrogen (secondary N) is 1. The molecule has 5 nitrogen and oxygen atoms in total. The largest absolute Gasteiger partial charge is 0.492 e. The summed E-state index contributed by atoms with van der Waals surface area (Å²) in [5.41, 5.74) is 2.08. The van der Waals surface area contributed by atoms with E-state index in [1.165, 1.54) is 4.70 Å². The Balaban J connectivity index is 1.50. The van der Waals surface area contributed by atoms with Gasteiger partial charge in [0.1, 0.15) is 5.75 Å². The van der Waals surface area contributed by atoms with Gasteiger partial charge in [0.2, 0.25) is 5.91 Å². The van der Waals surface area contributed by atoms with Crippen molar-refractivity contribution in [2.45, 2.75) is 32.6 Å². The van der Waals surface area contributed by atoms with Crippen LogP contribution in [-0.4, -0.2) is 17.5 Å². The predicted molar refractivity (Wildman–Crippen MR) is 108 cm³/mol. The van der Waals surface area contributed by atoms with E-state index in [0.717, 1.165) is 29.8 Å². The number of para-hydroxylation sites is 1. The zero-order chi connectivity index (χ0) is 19.1. The Morgan fingerprint density at radius 3 is 2.89 bits per heavy atom. The van der Waals surface area contributed by atoms with Crippen molar-refractivity contribution in [3.8, 4) is 11.8 Å². The normalized spacial score (nSPS) is 10.5. The summed E-state index contributed by atoms with van der Waals surface area (Å²) in [5, 5.41) is 13.0. The zero-order valence-electron chi connectivity index (χ0n) is 15.2. The summed E-state index contributed by atoms with van der Waals surface area (Å²) in [7, 11) is 0. The fourth-order valence-electron chi connectivity index (χ4n) is 2.78. The third kappa shape index (κ3) is 5.05. The van der Waals surface area contributed by atoms with E-state index in [0.29, 0.717) is 30.0 Å². The third-order valence-corrected chi connectivity index (χ3v) is 5.16. The van der Waals surface area contributed by atoms with Gasteiger partial charge in [-0.3, -0.25) is 4.79 Å². The topological polar surface area (TPSA) is 75.0 Å². The molecule has 2 aromatic carbocycles. The van der Waals surface area contributed by atoms with E-state index in [9.17, 15) is 4.79 Å². The fourth-order valence-corrected chi connectivity index (χ4v) is 3.79. The molecule has 1 amide bonds. The van der Waals surface area contributed by atoms with Gasteiger partial charge in [-0.15, -0.1) is 11.3 Å². The predicted octanol–water partition coefficient (Wildman–Crippen LogP) is 4.92. The van der Waals surface area contributed by atoms with E-state index in [4.69, 9.17) is 10.00 Å². The second kappa shape index (κ2) is 9.15. The molecule has 1 aromatic heterocycles. The SMILES string of the molecule is CCOc1ccc(C#N)cc1NC(=O)CCCCc1nc2ccccc2s1. The molecule has 138 valence electrons. The average molecular weight is 379 g/mol. The molecule has 0 aliphatic carbocycles. The smallest absolute Gasteiger partial charge is 0.224 e. The van der Waals surface area contributed by atoms with Gasteiger partial charge >= 0.3 is 0 Å². The van der Waals surface area contributed by atoms with E-state index < -0.39 is 0 Å². The fraction of sp³-hybridized carbons (Fsp3) is 0.286. The summed E-state index contributed by atoms with van der Waals surface area (Å²) in [6.07, 6.45) is 2.99. The Kier molecular flexibility index (Phi) is 6.39. The van der Waals surface area contributed by atoms with E-state index in [1.54, 1.807) is 29.5 Å². The average Bonchev–Trinajstić information content (AvgIpc) is 3.09. The molecule has 0 saturated carbocycles. The van der Waals surface area contributed by atoms with Gasteiger partial charge in [0, 0.05) is 6.42 Å². The lowest BCUT2D eigenvalue weighted by Gasteiger charge is -2.11. The number of hydrogen-bond acceptors (Lipinski definition) is 5. The summed E-state index contributed by atoms with van der Waals surface area (Å²) < 4.78 is 6.72. The second-order valence-electron chi connectivity index (χ2n) is 6.09. The Morgan fingerprint density at radius 1 is 1.26 bits per heavy atom. The van der Waals surface area contributed by atoms with Crippen molar-refractivity contribution in [1.29, 1.82) is 5.26 Å². The van der Waals surface area contributed by atoms with Crippen molar-refractivity contribution >= 4 is 33.1 Å². The molecule has 3 rings (SSSR count). The lowest BCUT2D eigenvalue weighted by Crippen LogP contribution is -2.12. The number of nitrogens with zero attached hydrogens (tertiary/aromatic N) is 2. The Hall–Kier alpha value is -2.91. The van der Waals surface area contributed by atoms with E-state index >= 15 is 0 Å². The van der Waals surface area contributed by atoms with Crippen molar-refractivity contribution in [3.05, 3.63) is 53.0 Å². The lowest BCUT2D eigenvalue weighted by atomic mass is 10.1.